The largest absolute Gasteiger partial charge is 0.493 e. The Balaban J connectivity index is 3.18. The average Bonchev–Trinajstić information content (AvgIpc) is 2.82. The number of nitrogens with one attached hydrogen (secondary N) is 1. The molecule has 4 atom stereocenters. The molecule has 0 aromatic heterocycles. The first-order valence-corrected chi connectivity index (χ1v) is 13.9. The van der Waals surface area contributed by atoms with E-state index >= 15 is 0 Å². The van der Waals surface area contributed by atoms with Gasteiger partial charge in [-0.25, -0.2) is 4.79 Å². The predicted octanol–water partition coefficient (Wildman–Crippen LogP) is 5.32. The minimum absolute atomic E-state index is 0.0281. The highest BCUT2D eigenvalue weighted by Gasteiger charge is 2.33. The van der Waals surface area contributed by atoms with Crippen molar-refractivity contribution in [3.63, 3.8) is 0 Å². The maximum atomic E-state index is 12.7. The van der Waals surface area contributed by atoms with E-state index in [2.05, 4.69) is 19.2 Å². The van der Waals surface area contributed by atoms with Gasteiger partial charge in [0, 0.05) is 20.1 Å². The summed E-state index contributed by atoms with van der Waals surface area (Å²) in [5, 5.41) is 23.7. The summed E-state index contributed by atoms with van der Waals surface area (Å²) in [6.45, 7) is 14.2. The Hall–Kier alpha value is -2.52. The van der Waals surface area contributed by atoms with Crippen LogP contribution in [0.25, 0.3) is 0 Å². The summed E-state index contributed by atoms with van der Waals surface area (Å²) in [5.74, 6) is -0.285. The van der Waals surface area contributed by atoms with Crippen molar-refractivity contribution in [1.29, 1.82) is 0 Å². The van der Waals surface area contributed by atoms with Crippen molar-refractivity contribution in [2.75, 3.05) is 27.4 Å². The number of aliphatic hydroxyl groups is 1. The van der Waals surface area contributed by atoms with Gasteiger partial charge in [-0.1, -0.05) is 33.8 Å². The fourth-order valence-electron chi connectivity index (χ4n) is 4.42. The maximum absolute atomic E-state index is 12.7. The zero-order chi connectivity index (χ0) is 29.8. The Morgan fingerprint density at radius 2 is 1.64 bits per heavy atom. The van der Waals surface area contributed by atoms with Crippen LogP contribution in [0, 0.1) is 23.7 Å². The molecule has 1 amide bonds. The van der Waals surface area contributed by atoms with E-state index in [1.807, 2.05) is 32.0 Å². The third-order valence-electron chi connectivity index (χ3n) is 6.76. The molecule has 0 bridgehead atoms. The van der Waals surface area contributed by atoms with E-state index in [9.17, 15) is 19.8 Å². The van der Waals surface area contributed by atoms with Gasteiger partial charge in [-0.15, -0.1) is 0 Å². The fourth-order valence-corrected chi connectivity index (χ4v) is 4.42. The lowest BCUT2D eigenvalue weighted by Crippen LogP contribution is -2.48. The lowest BCUT2D eigenvalue weighted by Gasteiger charge is -2.32. The van der Waals surface area contributed by atoms with E-state index < -0.39 is 35.7 Å². The molecule has 0 fully saturated rings. The minimum atomic E-state index is -1.06. The predicted molar refractivity (Wildman–Crippen MR) is 151 cm³/mol. The van der Waals surface area contributed by atoms with Gasteiger partial charge in [0.1, 0.15) is 5.60 Å². The number of aliphatic carboxylic acids is 1. The summed E-state index contributed by atoms with van der Waals surface area (Å²) >= 11 is 0. The molecule has 224 valence electrons. The minimum Gasteiger partial charge on any atom is -0.493 e. The molecule has 9 heteroatoms. The number of benzene rings is 1. The third-order valence-corrected chi connectivity index (χ3v) is 6.76. The van der Waals surface area contributed by atoms with Crippen LogP contribution in [0.15, 0.2) is 18.2 Å². The molecule has 39 heavy (non-hydrogen) atoms. The fraction of sp³-hybridized carbons (Fsp3) is 0.733. The van der Waals surface area contributed by atoms with Gasteiger partial charge in [0.2, 0.25) is 0 Å². The molecule has 1 aromatic rings. The molecule has 0 aliphatic heterocycles. The number of ether oxygens (including phenoxy) is 4. The Kier molecular flexibility index (Phi) is 14.6. The van der Waals surface area contributed by atoms with Crippen LogP contribution in [-0.2, 0) is 20.7 Å². The number of carbonyl (C=O) groups is 2. The highest BCUT2D eigenvalue weighted by molar-refractivity contribution is 5.70. The Bertz CT molecular complexity index is 880. The van der Waals surface area contributed by atoms with E-state index in [0.29, 0.717) is 37.6 Å². The van der Waals surface area contributed by atoms with Crippen molar-refractivity contribution < 1.29 is 38.7 Å². The van der Waals surface area contributed by atoms with Crippen LogP contribution in [0.3, 0.4) is 0 Å². The summed E-state index contributed by atoms with van der Waals surface area (Å²) in [7, 11) is 3.25. The highest BCUT2D eigenvalue weighted by atomic mass is 16.6. The van der Waals surface area contributed by atoms with Crippen LogP contribution < -0.4 is 14.8 Å². The molecule has 9 nitrogen and oxygen atoms in total. The molecule has 0 aliphatic rings. The van der Waals surface area contributed by atoms with E-state index in [0.717, 1.165) is 12.0 Å². The number of rotatable bonds is 17. The molecule has 0 spiro atoms. The van der Waals surface area contributed by atoms with Crippen molar-refractivity contribution in [3.05, 3.63) is 23.8 Å². The lowest BCUT2D eigenvalue weighted by atomic mass is 9.80. The summed E-state index contributed by atoms with van der Waals surface area (Å²) in [6.07, 6.45) is 0.197. The summed E-state index contributed by atoms with van der Waals surface area (Å²) < 4.78 is 22.0. The van der Waals surface area contributed by atoms with Crippen LogP contribution >= 0.6 is 0 Å². The molecule has 0 saturated carbocycles. The van der Waals surface area contributed by atoms with Gasteiger partial charge in [-0.3, -0.25) is 4.79 Å². The van der Waals surface area contributed by atoms with Gasteiger partial charge >= 0.3 is 12.1 Å². The molecule has 3 N–H and O–H groups in total. The van der Waals surface area contributed by atoms with Crippen molar-refractivity contribution in [1.82, 2.24) is 5.32 Å². The standard InChI is InChI=1S/C30H51NO8/c1-19(2)22(15-21-11-12-26(37-9)27(16-21)38-14-10-13-36-8)17-24(31-29(35)39-30(5,6)7)25(32)18-23(20(3)4)28(33)34/h11-12,16,19-20,22-25,32H,10,13-15,17-18H2,1-9H3,(H,31,35)(H,33,34). The number of hydrogen-bond acceptors (Lipinski definition) is 7. The number of carboxylic acids is 1. The summed E-state index contributed by atoms with van der Waals surface area (Å²) in [4.78, 5) is 24.5. The summed E-state index contributed by atoms with van der Waals surface area (Å²) in [5.41, 5.74) is 0.328. The second-order valence-electron chi connectivity index (χ2n) is 11.9. The van der Waals surface area contributed by atoms with E-state index in [4.69, 9.17) is 18.9 Å². The lowest BCUT2D eigenvalue weighted by molar-refractivity contribution is -0.144. The Morgan fingerprint density at radius 3 is 2.15 bits per heavy atom. The molecule has 1 rings (SSSR count). The van der Waals surface area contributed by atoms with Crippen LogP contribution in [-0.4, -0.2) is 67.5 Å². The number of hydrogen-bond donors (Lipinski definition) is 3. The SMILES string of the molecule is COCCCOc1cc(CC(CC(NC(=O)OC(C)(C)C)C(O)CC(C(=O)O)C(C)C)C(C)C)ccc1OC. The second kappa shape index (κ2) is 16.6. The molecule has 0 saturated heterocycles. The highest BCUT2D eigenvalue weighted by Crippen LogP contribution is 2.32. The van der Waals surface area contributed by atoms with Gasteiger partial charge < -0.3 is 34.5 Å². The van der Waals surface area contributed by atoms with Gasteiger partial charge in [0.15, 0.2) is 11.5 Å². The number of amides is 1. The second-order valence-corrected chi connectivity index (χ2v) is 11.9. The van der Waals surface area contributed by atoms with Crippen LogP contribution in [0.2, 0.25) is 0 Å². The number of aliphatic hydroxyl groups excluding tert-OH is 1. The van der Waals surface area contributed by atoms with Crippen molar-refractivity contribution >= 4 is 12.1 Å². The molecule has 4 unspecified atom stereocenters. The number of methoxy groups -OCH3 is 2. The smallest absolute Gasteiger partial charge is 0.407 e. The van der Waals surface area contributed by atoms with Gasteiger partial charge in [-0.05, 0) is 75.5 Å². The zero-order valence-electron chi connectivity index (χ0n) is 25.3. The molecule has 1 aromatic carbocycles. The van der Waals surface area contributed by atoms with Crippen LogP contribution in [0.1, 0.15) is 73.3 Å². The average molecular weight is 554 g/mol. The summed E-state index contributed by atoms with van der Waals surface area (Å²) in [6, 6.07) is 5.15. The quantitative estimate of drug-likeness (QED) is 0.222. The first-order chi connectivity index (χ1) is 18.2. The number of alkyl carbamates (subject to hydrolysis) is 1. The van der Waals surface area contributed by atoms with Gasteiger partial charge in [-0.2, -0.15) is 0 Å². The van der Waals surface area contributed by atoms with E-state index in [-0.39, 0.29) is 24.2 Å². The van der Waals surface area contributed by atoms with Crippen molar-refractivity contribution in [2.45, 2.75) is 91.9 Å². The third kappa shape index (κ3) is 12.9. The first kappa shape index (κ1) is 34.5. The molecule has 0 radical (unpaired) electrons. The zero-order valence-corrected chi connectivity index (χ0v) is 25.3. The Morgan fingerprint density at radius 1 is 0.974 bits per heavy atom. The van der Waals surface area contributed by atoms with Gasteiger partial charge in [0.05, 0.1) is 31.8 Å². The van der Waals surface area contributed by atoms with E-state index in [1.165, 1.54) is 0 Å². The molecule has 0 heterocycles. The van der Waals surface area contributed by atoms with Crippen molar-refractivity contribution in [2.24, 2.45) is 23.7 Å². The molecular weight excluding hydrogens is 502 g/mol. The van der Waals surface area contributed by atoms with Gasteiger partial charge in [0.25, 0.3) is 0 Å². The monoisotopic (exact) mass is 553 g/mol. The maximum Gasteiger partial charge on any atom is 0.407 e. The normalized spacial score (nSPS) is 15.0. The first-order valence-electron chi connectivity index (χ1n) is 13.9. The van der Waals surface area contributed by atoms with E-state index in [1.54, 1.807) is 35.0 Å². The Labute approximate surface area is 234 Å². The molecular formula is C30H51NO8. The number of carbonyl (C=O) groups excluding carboxylic acids is 1. The topological polar surface area (TPSA) is 124 Å². The van der Waals surface area contributed by atoms with Crippen LogP contribution in [0.5, 0.6) is 11.5 Å². The molecule has 0 aliphatic carbocycles. The number of carboxylic acid groups (broad SMARTS) is 1. The van der Waals surface area contributed by atoms with Crippen LogP contribution in [0.4, 0.5) is 4.79 Å². The van der Waals surface area contributed by atoms with Crippen molar-refractivity contribution in [3.8, 4) is 11.5 Å².